The van der Waals surface area contributed by atoms with E-state index in [1.165, 1.54) is 11.1 Å². The topological polar surface area (TPSA) is 65.7 Å². The van der Waals surface area contributed by atoms with Crippen LogP contribution < -0.4 is 15.0 Å². The molecule has 4 aromatic rings. The van der Waals surface area contributed by atoms with Crippen LogP contribution in [0, 0.1) is 0 Å². The normalized spacial score (nSPS) is 14.4. The van der Waals surface area contributed by atoms with Gasteiger partial charge >= 0.3 is 0 Å². The van der Waals surface area contributed by atoms with Crippen molar-refractivity contribution < 1.29 is 9.47 Å². The van der Waals surface area contributed by atoms with Crippen LogP contribution in [0.15, 0.2) is 81.1 Å². The first kappa shape index (κ1) is 24.3. The molecule has 184 valence electrons. The Morgan fingerprint density at radius 3 is 2.58 bits per heavy atom. The second-order valence-electron chi connectivity index (χ2n) is 9.01. The predicted octanol–water partition coefficient (Wildman–Crippen LogP) is 6.68. The fraction of sp³-hybridized carbons (Fsp3) is 0.276. The molecule has 0 bridgehead atoms. The summed E-state index contributed by atoms with van der Waals surface area (Å²) in [5.41, 5.74) is 2.45. The summed E-state index contributed by atoms with van der Waals surface area (Å²) in [4.78, 5) is 18.3. The number of para-hydroxylation sites is 1. The zero-order valence-corrected chi connectivity index (χ0v) is 21.8. The van der Waals surface area contributed by atoms with Crippen LogP contribution in [0.3, 0.4) is 0 Å². The Kier molecular flexibility index (Phi) is 7.47. The van der Waals surface area contributed by atoms with E-state index in [0.717, 1.165) is 52.6 Å². The predicted molar refractivity (Wildman–Crippen MR) is 146 cm³/mol. The van der Waals surface area contributed by atoms with Crippen LogP contribution in [0.4, 0.5) is 0 Å². The molecule has 0 aliphatic heterocycles. The Balaban J connectivity index is 1.44. The van der Waals surface area contributed by atoms with Crippen molar-refractivity contribution in [3.05, 3.63) is 98.5 Å². The first-order valence-electron chi connectivity index (χ1n) is 12.2. The lowest BCUT2D eigenvalue weighted by atomic mass is 9.88. The Bertz CT molecular complexity index is 1440. The zero-order chi connectivity index (χ0) is 24.9. The summed E-state index contributed by atoms with van der Waals surface area (Å²) in [5, 5.41) is 5.20. The van der Waals surface area contributed by atoms with Crippen molar-refractivity contribution >= 4 is 33.0 Å². The van der Waals surface area contributed by atoms with Gasteiger partial charge in [-0.05, 0) is 66.4 Å². The molecule has 0 atom stereocenters. The van der Waals surface area contributed by atoms with Crippen LogP contribution in [-0.2, 0) is 6.61 Å². The van der Waals surface area contributed by atoms with Crippen LogP contribution in [0.2, 0.25) is 0 Å². The first-order chi connectivity index (χ1) is 17.6. The number of rotatable bonds is 7. The van der Waals surface area contributed by atoms with Crippen molar-refractivity contribution in [3.63, 3.8) is 0 Å². The van der Waals surface area contributed by atoms with Gasteiger partial charge in [0.1, 0.15) is 12.4 Å². The molecular formula is C29H28BrN3O3. The van der Waals surface area contributed by atoms with Gasteiger partial charge in [-0.2, -0.15) is 9.78 Å². The summed E-state index contributed by atoms with van der Waals surface area (Å²) in [5.74, 6) is 2.23. The smallest absolute Gasteiger partial charge is 0.282 e. The minimum absolute atomic E-state index is 0.140. The van der Waals surface area contributed by atoms with Gasteiger partial charge < -0.3 is 9.47 Å². The molecule has 3 aromatic carbocycles. The van der Waals surface area contributed by atoms with Crippen molar-refractivity contribution in [2.24, 2.45) is 5.10 Å². The van der Waals surface area contributed by atoms with Gasteiger partial charge in [0.05, 0.1) is 24.2 Å². The van der Waals surface area contributed by atoms with E-state index in [0.29, 0.717) is 23.5 Å². The van der Waals surface area contributed by atoms with Crippen LogP contribution >= 0.6 is 15.9 Å². The molecule has 1 heterocycles. The first-order valence-corrected chi connectivity index (χ1v) is 13.0. The summed E-state index contributed by atoms with van der Waals surface area (Å²) in [6.07, 6.45) is 7.27. The van der Waals surface area contributed by atoms with Gasteiger partial charge in [-0.3, -0.25) is 4.79 Å². The summed E-state index contributed by atoms with van der Waals surface area (Å²) in [6, 6.07) is 21.1. The quantitative estimate of drug-likeness (QED) is 0.243. The van der Waals surface area contributed by atoms with Crippen molar-refractivity contribution in [1.82, 2.24) is 9.66 Å². The van der Waals surface area contributed by atoms with Crippen LogP contribution in [-0.4, -0.2) is 23.0 Å². The van der Waals surface area contributed by atoms with E-state index in [9.17, 15) is 4.79 Å². The van der Waals surface area contributed by atoms with Crippen molar-refractivity contribution in [3.8, 4) is 11.5 Å². The molecule has 6 nitrogen and oxygen atoms in total. The molecule has 1 fully saturated rings. The van der Waals surface area contributed by atoms with Gasteiger partial charge in [-0.1, -0.05) is 59.5 Å². The third-order valence-electron chi connectivity index (χ3n) is 6.57. The molecular weight excluding hydrogens is 518 g/mol. The van der Waals surface area contributed by atoms with Crippen LogP contribution in [0.5, 0.6) is 11.5 Å². The van der Waals surface area contributed by atoms with E-state index < -0.39 is 0 Å². The number of methoxy groups -OCH3 is 1. The van der Waals surface area contributed by atoms with Gasteiger partial charge in [0.2, 0.25) is 0 Å². The van der Waals surface area contributed by atoms with E-state index >= 15 is 0 Å². The Hall–Kier alpha value is -3.45. The molecule has 1 aliphatic carbocycles. The Morgan fingerprint density at radius 1 is 1.03 bits per heavy atom. The number of halogens is 1. The van der Waals surface area contributed by atoms with E-state index in [-0.39, 0.29) is 11.5 Å². The van der Waals surface area contributed by atoms with Crippen molar-refractivity contribution in [2.45, 2.75) is 44.6 Å². The average Bonchev–Trinajstić information content (AvgIpc) is 2.93. The van der Waals surface area contributed by atoms with E-state index in [1.807, 2.05) is 66.7 Å². The van der Waals surface area contributed by atoms with Gasteiger partial charge in [-0.15, -0.1) is 0 Å². The minimum Gasteiger partial charge on any atom is -0.493 e. The highest BCUT2D eigenvalue weighted by Crippen LogP contribution is 2.32. The number of fused-ring (bicyclic) bond motifs is 1. The molecule has 0 spiro atoms. The zero-order valence-electron chi connectivity index (χ0n) is 20.2. The highest BCUT2D eigenvalue weighted by molar-refractivity contribution is 9.10. The molecule has 1 aromatic heterocycles. The Morgan fingerprint density at radius 2 is 1.81 bits per heavy atom. The summed E-state index contributed by atoms with van der Waals surface area (Å²) < 4.78 is 14.1. The maximum absolute atomic E-state index is 13.4. The highest BCUT2D eigenvalue weighted by Gasteiger charge is 2.22. The summed E-state index contributed by atoms with van der Waals surface area (Å²) in [6.45, 7) is 0.431. The van der Waals surface area contributed by atoms with Crippen molar-refractivity contribution in [2.75, 3.05) is 7.11 Å². The fourth-order valence-corrected chi connectivity index (χ4v) is 4.89. The minimum atomic E-state index is -0.140. The second kappa shape index (κ2) is 11.1. The molecule has 5 rings (SSSR count). The molecule has 0 amide bonds. The lowest BCUT2D eigenvalue weighted by molar-refractivity contribution is 0.284. The van der Waals surface area contributed by atoms with Gasteiger partial charge in [-0.25, -0.2) is 4.98 Å². The average molecular weight is 546 g/mol. The van der Waals surface area contributed by atoms with Crippen LogP contribution in [0.1, 0.15) is 55.0 Å². The maximum atomic E-state index is 13.4. The standard InChI is InChI=1S/C29H28BrN3O3/c1-35-27-17-21(13-16-26(27)36-19-20-11-14-23(30)15-12-20)18-31-33-28(22-7-3-2-4-8-22)32-25-10-6-5-9-24(25)29(33)34/h5-6,9-18,22H,2-4,7-8,19H2,1H3. The molecule has 1 saturated carbocycles. The number of aromatic nitrogens is 2. The number of hydrogen-bond acceptors (Lipinski definition) is 5. The molecule has 0 N–H and O–H groups in total. The molecule has 1 aliphatic rings. The number of benzene rings is 3. The van der Waals surface area contributed by atoms with Gasteiger partial charge in [0.15, 0.2) is 11.5 Å². The number of ether oxygens (including phenoxy) is 2. The van der Waals surface area contributed by atoms with E-state index in [2.05, 4.69) is 21.0 Å². The van der Waals surface area contributed by atoms with Gasteiger partial charge in [0.25, 0.3) is 5.56 Å². The summed E-state index contributed by atoms with van der Waals surface area (Å²) >= 11 is 3.45. The molecule has 0 saturated heterocycles. The SMILES string of the molecule is COc1cc(C=Nn2c(C3CCCCC3)nc3ccccc3c2=O)ccc1OCc1ccc(Br)cc1. The third kappa shape index (κ3) is 5.36. The highest BCUT2D eigenvalue weighted by atomic mass is 79.9. The number of hydrogen-bond donors (Lipinski definition) is 0. The Labute approximate surface area is 218 Å². The van der Waals surface area contributed by atoms with Gasteiger partial charge in [0, 0.05) is 10.4 Å². The van der Waals surface area contributed by atoms with Crippen molar-refractivity contribution in [1.29, 1.82) is 0 Å². The maximum Gasteiger partial charge on any atom is 0.282 e. The molecule has 0 radical (unpaired) electrons. The molecule has 7 heteroatoms. The molecule has 0 unspecified atom stereocenters. The fourth-order valence-electron chi connectivity index (χ4n) is 4.63. The van der Waals surface area contributed by atoms with E-state index in [4.69, 9.17) is 14.5 Å². The van der Waals surface area contributed by atoms with Crippen LogP contribution in [0.25, 0.3) is 10.9 Å². The molecule has 36 heavy (non-hydrogen) atoms. The monoisotopic (exact) mass is 545 g/mol. The largest absolute Gasteiger partial charge is 0.493 e. The van der Waals surface area contributed by atoms with E-state index in [1.54, 1.807) is 13.3 Å². The third-order valence-corrected chi connectivity index (χ3v) is 7.10. The summed E-state index contributed by atoms with van der Waals surface area (Å²) in [7, 11) is 1.61. The number of nitrogens with zero attached hydrogens (tertiary/aromatic N) is 3. The lowest BCUT2D eigenvalue weighted by Gasteiger charge is -2.22. The second-order valence-corrected chi connectivity index (χ2v) is 9.92. The lowest BCUT2D eigenvalue weighted by Crippen LogP contribution is -2.25.